The Kier molecular flexibility index (Phi) is 3.46. The summed E-state index contributed by atoms with van der Waals surface area (Å²) in [5, 5.41) is 9.52. The zero-order valence-corrected chi connectivity index (χ0v) is 10.8. The van der Waals surface area contributed by atoms with Crippen LogP contribution in [0.1, 0.15) is 22.5 Å². The van der Waals surface area contributed by atoms with Crippen molar-refractivity contribution in [3.8, 4) is 11.6 Å². The summed E-state index contributed by atoms with van der Waals surface area (Å²) in [6.45, 7) is 6.01. The first-order valence-corrected chi connectivity index (χ1v) is 5.78. The molecule has 4 nitrogen and oxygen atoms in total. The number of nitrogens with zero attached hydrogens (tertiary/aromatic N) is 2. The summed E-state index contributed by atoms with van der Waals surface area (Å²) in [5.74, 6) is 0.850. The number of hydrogen-bond donors (Lipinski definition) is 1. The van der Waals surface area contributed by atoms with Gasteiger partial charge in [0.15, 0.2) is 0 Å². The molecule has 0 amide bonds. The van der Waals surface area contributed by atoms with Gasteiger partial charge in [-0.05, 0) is 26.8 Å². The van der Waals surface area contributed by atoms with Crippen LogP contribution in [0.4, 0.5) is 0 Å². The van der Waals surface area contributed by atoms with Crippen molar-refractivity contribution < 1.29 is 9.84 Å². The third-order valence-electron chi connectivity index (χ3n) is 2.69. The molecular weight excluding hydrogens is 228 g/mol. The first kappa shape index (κ1) is 12.4. The van der Waals surface area contributed by atoms with Crippen molar-refractivity contribution in [1.29, 1.82) is 0 Å². The molecule has 0 unspecified atom stereocenters. The first-order valence-electron chi connectivity index (χ1n) is 5.78. The average molecular weight is 244 g/mol. The Morgan fingerprint density at radius 2 is 1.94 bits per heavy atom. The van der Waals surface area contributed by atoms with Gasteiger partial charge >= 0.3 is 0 Å². The van der Waals surface area contributed by atoms with E-state index in [1.807, 2.05) is 39.0 Å². The van der Waals surface area contributed by atoms with Gasteiger partial charge in [-0.25, -0.2) is 4.98 Å². The second kappa shape index (κ2) is 5.04. The van der Waals surface area contributed by atoms with Crippen molar-refractivity contribution in [2.75, 3.05) is 0 Å². The number of rotatable bonds is 3. The van der Waals surface area contributed by atoms with E-state index in [0.29, 0.717) is 12.3 Å². The molecule has 0 spiro atoms. The number of aromatic hydroxyl groups is 1. The topological polar surface area (TPSA) is 55.2 Å². The highest BCUT2D eigenvalue weighted by Gasteiger charge is 2.04. The van der Waals surface area contributed by atoms with Crippen molar-refractivity contribution in [3.63, 3.8) is 0 Å². The quantitative estimate of drug-likeness (QED) is 0.901. The zero-order chi connectivity index (χ0) is 13.1. The van der Waals surface area contributed by atoms with E-state index in [-0.39, 0.29) is 5.88 Å². The molecule has 0 aliphatic carbocycles. The van der Waals surface area contributed by atoms with Crippen LogP contribution >= 0.6 is 0 Å². The lowest BCUT2D eigenvalue weighted by molar-refractivity contribution is 0.296. The minimum atomic E-state index is 0.0544. The molecule has 2 heterocycles. The minimum absolute atomic E-state index is 0.0544. The summed E-state index contributed by atoms with van der Waals surface area (Å²) >= 11 is 0. The van der Waals surface area contributed by atoms with Crippen LogP contribution in [0.3, 0.4) is 0 Å². The van der Waals surface area contributed by atoms with Gasteiger partial charge in [0.1, 0.15) is 12.4 Å². The normalized spacial score (nSPS) is 10.4. The molecule has 0 saturated carbocycles. The van der Waals surface area contributed by atoms with Crippen LogP contribution in [-0.2, 0) is 6.61 Å². The number of pyridine rings is 2. The third kappa shape index (κ3) is 2.77. The maximum absolute atomic E-state index is 9.52. The smallest absolute Gasteiger partial charge is 0.214 e. The van der Waals surface area contributed by atoms with Gasteiger partial charge in [-0.2, -0.15) is 0 Å². The van der Waals surface area contributed by atoms with Gasteiger partial charge in [-0.1, -0.05) is 6.07 Å². The molecule has 94 valence electrons. The van der Waals surface area contributed by atoms with E-state index in [2.05, 4.69) is 9.97 Å². The monoisotopic (exact) mass is 244 g/mol. The van der Waals surface area contributed by atoms with Crippen LogP contribution in [0, 0.1) is 20.8 Å². The van der Waals surface area contributed by atoms with E-state index >= 15 is 0 Å². The summed E-state index contributed by atoms with van der Waals surface area (Å²) in [6.07, 6.45) is 1.78. The molecule has 0 aliphatic heterocycles. The summed E-state index contributed by atoms with van der Waals surface area (Å²) < 4.78 is 5.68. The third-order valence-corrected chi connectivity index (χ3v) is 2.69. The van der Waals surface area contributed by atoms with Gasteiger partial charge in [0, 0.05) is 29.1 Å². The Morgan fingerprint density at radius 3 is 2.67 bits per heavy atom. The number of aromatic nitrogens is 2. The Bertz CT molecular complexity index is 568. The van der Waals surface area contributed by atoms with Crippen molar-refractivity contribution in [2.45, 2.75) is 27.4 Å². The van der Waals surface area contributed by atoms with Gasteiger partial charge in [0.05, 0.1) is 5.69 Å². The predicted molar refractivity (Wildman–Crippen MR) is 68.7 cm³/mol. The number of hydrogen-bond acceptors (Lipinski definition) is 4. The Hall–Kier alpha value is -2.10. The van der Waals surface area contributed by atoms with Gasteiger partial charge in [0.2, 0.25) is 5.88 Å². The predicted octanol–water partition coefficient (Wildman–Crippen LogP) is 2.69. The van der Waals surface area contributed by atoms with Gasteiger partial charge in [0.25, 0.3) is 0 Å². The average Bonchev–Trinajstić information content (AvgIpc) is 2.34. The molecule has 1 N–H and O–H groups in total. The number of ether oxygens (including phenoxy) is 1. The maximum atomic E-state index is 9.52. The van der Waals surface area contributed by atoms with E-state index in [0.717, 1.165) is 22.6 Å². The summed E-state index contributed by atoms with van der Waals surface area (Å²) in [5.41, 5.74) is 3.36. The fourth-order valence-electron chi connectivity index (χ4n) is 1.55. The van der Waals surface area contributed by atoms with E-state index < -0.39 is 0 Å². The summed E-state index contributed by atoms with van der Waals surface area (Å²) in [4.78, 5) is 8.24. The lowest BCUT2D eigenvalue weighted by atomic mass is 10.2. The van der Waals surface area contributed by atoms with Crippen molar-refractivity contribution >= 4 is 0 Å². The van der Waals surface area contributed by atoms with E-state index in [4.69, 9.17) is 4.74 Å². The lowest BCUT2D eigenvalue weighted by Crippen LogP contribution is -2.00. The van der Waals surface area contributed by atoms with Gasteiger partial charge < -0.3 is 9.84 Å². The molecule has 2 aromatic heterocycles. The minimum Gasteiger partial charge on any atom is -0.493 e. The second-order valence-electron chi connectivity index (χ2n) is 4.32. The molecule has 4 heteroatoms. The molecule has 18 heavy (non-hydrogen) atoms. The number of aryl methyl sites for hydroxylation is 3. The standard InChI is InChI=1S/C14H16N2O2/c1-9-4-5-12(16-14(9)17)8-18-13-6-11(3)15-7-10(13)2/h4-7H,8H2,1-3H3,(H,16,17). The molecule has 0 aromatic carbocycles. The maximum Gasteiger partial charge on any atom is 0.214 e. The van der Waals surface area contributed by atoms with Gasteiger partial charge in [-0.3, -0.25) is 4.98 Å². The van der Waals surface area contributed by atoms with E-state index in [9.17, 15) is 5.11 Å². The lowest BCUT2D eigenvalue weighted by Gasteiger charge is -2.09. The van der Waals surface area contributed by atoms with Crippen LogP contribution in [0.5, 0.6) is 11.6 Å². The van der Waals surface area contributed by atoms with Crippen LogP contribution in [0.2, 0.25) is 0 Å². The molecular formula is C14H16N2O2. The highest BCUT2D eigenvalue weighted by Crippen LogP contribution is 2.19. The molecule has 0 atom stereocenters. The Balaban J connectivity index is 2.11. The van der Waals surface area contributed by atoms with E-state index in [1.54, 1.807) is 6.20 Å². The molecule has 0 saturated heterocycles. The molecule has 0 aliphatic rings. The van der Waals surface area contributed by atoms with Crippen LogP contribution in [-0.4, -0.2) is 15.1 Å². The Labute approximate surface area is 106 Å². The second-order valence-corrected chi connectivity index (χ2v) is 4.32. The highest BCUT2D eigenvalue weighted by molar-refractivity contribution is 5.32. The van der Waals surface area contributed by atoms with E-state index in [1.165, 1.54) is 0 Å². The van der Waals surface area contributed by atoms with Crippen molar-refractivity contribution in [1.82, 2.24) is 9.97 Å². The van der Waals surface area contributed by atoms with Crippen LogP contribution in [0.15, 0.2) is 24.4 Å². The Morgan fingerprint density at radius 1 is 1.17 bits per heavy atom. The van der Waals surface area contributed by atoms with Crippen LogP contribution < -0.4 is 4.74 Å². The van der Waals surface area contributed by atoms with Crippen molar-refractivity contribution in [3.05, 3.63) is 46.9 Å². The summed E-state index contributed by atoms with van der Waals surface area (Å²) in [7, 11) is 0. The largest absolute Gasteiger partial charge is 0.493 e. The summed E-state index contributed by atoms with van der Waals surface area (Å²) in [6, 6.07) is 5.56. The van der Waals surface area contributed by atoms with Crippen molar-refractivity contribution in [2.24, 2.45) is 0 Å². The molecule has 2 aromatic rings. The molecule has 0 radical (unpaired) electrons. The fraction of sp³-hybridized carbons (Fsp3) is 0.286. The highest BCUT2D eigenvalue weighted by atomic mass is 16.5. The van der Waals surface area contributed by atoms with Gasteiger partial charge in [-0.15, -0.1) is 0 Å². The first-order chi connectivity index (χ1) is 8.56. The fourth-order valence-corrected chi connectivity index (χ4v) is 1.55. The molecule has 0 fully saturated rings. The zero-order valence-electron chi connectivity index (χ0n) is 10.8. The SMILES string of the molecule is Cc1cc(OCc2ccc(C)c(O)n2)c(C)cn1. The van der Waals surface area contributed by atoms with Crippen LogP contribution in [0.25, 0.3) is 0 Å². The molecule has 0 bridgehead atoms. The molecule has 2 rings (SSSR count).